The van der Waals surface area contributed by atoms with Gasteiger partial charge in [0.1, 0.15) is 10.4 Å². The molecule has 0 aliphatic carbocycles. The fraction of sp³-hybridized carbons (Fsp3) is 0.346. The Balaban J connectivity index is 1.40. The van der Waals surface area contributed by atoms with Gasteiger partial charge in [-0.2, -0.15) is 0 Å². The standard InChI is InChI=1S/C26H27N3O4S/c1-16-11-21(17(2)29(16)13-20-5-4-10-33-20)23(30)14-28-15-27-22-12-24(34-25(22)26(28)31)18-6-8-19(32-3)9-7-18/h6-9,11-12,15,20H,4-5,10,13-14H2,1-3H3. The molecule has 0 bridgehead atoms. The second-order valence-electron chi connectivity index (χ2n) is 8.68. The number of Topliss-reactive ketones (excluding diaryl/α,β-unsaturated/α-hetero) is 1. The van der Waals surface area contributed by atoms with Gasteiger partial charge in [-0.3, -0.25) is 14.2 Å². The van der Waals surface area contributed by atoms with Crippen molar-refractivity contribution in [2.75, 3.05) is 13.7 Å². The molecule has 1 atom stereocenters. The van der Waals surface area contributed by atoms with Crippen LogP contribution in [0.25, 0.3) is 20.7 Å². The van der Waals surface area contributed by atoms with Gasteiger partial charge in [-0.15, -0.1) is 11.3 Å². The fourth-order valence-electron chi connectivity index (χ4n) is 4.55. The van der Waals surface area contributed by atoms with Crippen molar-refractivity contribution in [1.29, 1.82) is 0 Å². The maximum Gasteiger partial charge on any atom is 0.271 e. The molecule has 1 aliphatic heterocycles. The molecule has 4 aromatic rings. The summed E-state index contributed by atoms with van der Waals surface area (Å²) in [6.45, 7) is 5.48. The Bertz CT molecular complexity index is 1410. The zero-order valence-corrected chi connectivity index (χ0v) is 20.4. The molecule has 176 valence electrons. The molecule has 1 unspecified atom stereocenters. The third-order valence-electron chi connectivity index (χ3n) is 6.48. The highest BCUT2D eigenvalue weighted by Crippen LogP contribution is 2.31. The van der Waals surface area contributed by atoms with Crippen LogP contribution in [0.5, 0.6) is 5.75 Å². The number of aryl methyl sites for hydroxylation is 1. The van der Waals surface area contributed by atoms with Crippen molar-refractivity contribution in [3.05, 3.63) is 70.0 Å². The number of fused-ring (bicyclic) bond motifs is 1. The summed E-state index contributed by atoms with van der Waals surface area (Å²) < 4.78 is 15.1. The van der Waals surface area contributed by atoms with Crippen LogP contribution in [0.1, 0.15) is 34.6 Å². The van der Waals surface area contributed by atoms with E-state index in [1.165, 1.54) is 22.2 Å². The van der Waals surface area contributed by atoms with Crippen LogP contribution in [-0.4, -0.2) is 39.7 Å². The third-order valence-corrected chi connectivity index (χ3v) is 7.64. The van der Waals surface area contributed by atoms with E-state index in [0.29, 0.717) is 15.8 Å². The Morgan fingerprint density at radius 2 is 2.03 bits per heavy atom. The molecule has 0 radical (unpaired) electrons. The zero-order valence-electron chi connectivity index (χ0n) is 19.5. The number of hydrogen-bond acceptors (Lipinski definition) is 6. The summed E-state index contributed by atoms with van der Waals surface area (Å²) in [4.78, 5) is 31.7. The lowest BCUT2D eigenvalue weighted by Gasteiger charge is -2.14. The lowest BCUT2D eigenvalue weighted by molar-refractivity contribution is 0.0948. The summed E-state index contributed by atoms with van der Waals surface area (Å²) in [6.07, 6.45) is 3.79. The quantitative estimate of drug-likeness (QED) is 0.363. The number of aromatic nitrogens is 3. The van der Waals surface area contributed by atoms with Gasteiger partial charge in [0.15, 0.2) is 5.78 Å². The van der Waals surface area contributed by atoms with Crippen molar-refractivity contribution in [2.24, 2.45) is 0 Å². The van der Waals surface area contributed by atoms with Gasteiger partial charge < -0.3 is 14.0 Å². The zero-order chi connectivity index (χ0) is 23.8. The SMILES string of the molecule is COc1ccc(-c2cc3ncn(CC(=O)c4cc(C)n(CC5CCCO5)c4C)c(=O)c3s2)cc1. The summed E-state index contributed by atoms with van der Waals surface area (Å²) in [5.74, 6) is 0.681. The number of thiophene rings is 1. The van der Waals surface area contributed by atoms with Crippen LogP contribution in [-0.2, 0) is 17.8 Å². The number of hydrogen-bond donors (Lipinski definition) is 0. The average molecular weight is 478 g/mol. The molecule has 3 aromatic heterocycles. The highest BCUT2D eigenvalue weighted by atomic mass is 32.1. The Kier molecular flexibility index (Phi) is 6.10. The summed E-state index contributed by atoms with van der Waals surface area (Å²) >= 11 is 1.39. The van der Waals surface area contributed by atoms with E-state index >= 15 is 0 Å². The van der Waals surface area contributed by atoms with Gasteiger partial charge in [0.2, 0.25) is 0 Å². The normalized spacial score (nSPS) is 15.8. The summed E-state index contributed by atoms with van der Waals surface area (Å²) in [6, 6.07) is 11.5. The molecule has 0 N–H and O–H groups in total. The fourth-order valence-corrected chi connectivity index (χ4v) is 5.62. The maximum atomic E-state index is 13.2. The first-order chi connectivity index (χ1) is 16.4. The molecule has 1 aliphatic rings. The van der Waals surface area contributed by atoms with Crippen LogP contribution < -0.4 is 10.3 Å². The minimum Gasteiger partial charge on any atom is -0.497 e. The summed E-state index contributed by atoms with van der Waals surface area (Å²) in [5, 5.41) is 0. The Morgan fingerprint density at radius 1 is 1.24 bits per heavy atom. The van der Waals surface area contributed by atoms with Gasteiger partial charge in [-0.25, -0.2) is 4.98 Å². The largest absolute Gasteiger partial charge is 0.497 e. The van der Waals surface area contributed by atoms with E-state index in [2.05, 4.69) is 9.55 Å². The lowest BCUT2D eigenvalue weighted by atomic mass is 10.1. The second kappa shape index (κ2) is 9.19. The molecule has 34 heavy (non-hydrogen) atoms. The average Bonchev–Trinajstić information content (AvgIpc) is 3.58. The number of carbonyl (C=O) groups excluding carboxylic acids is 1. The van der Waals surface area contributed by atoms with Gasteiger partial charge in [-0.05, 0) is 68.7 Å². The van der Waals surface area contributed by atoms with E-state index in [4.69, 9.17) is 9.47 Å². The van der Waals surface area contributed by atoms with Crippen LogP contribution in [0.2, 0.25) is 0 Å². The molecule has 5 rings (SSSR count). The molecule has 1 aromatic carbocycles. The van der Waals surface area contributed by atoms with E-state index in [-0.39, 0.29) is 24.0 Å². The predicted molar refractivity (Wildman–Crippen MR) is 133 cm³/mol. The van der Waals surface area contributed by atoms with Crippen molar-refractivity contribution in [2.45, 2.75) is 45.9 Å². The minimum atomic E-state index is -0.198. The van der Waals surface area contributed by atoms with Crippen molar-refractivity contribution in [3.8, 4) is 16.2 Å². The number of ether oxygens (including phenoxy) is 2. The van der Waals surface area contributed by atoms with Crippen molar-refractivity contribution in [1.82, 2.24) is 14.1 Å². The monoisotopic (exact) mass is 477 g/mol. The van der Waals surface area contributed by atoms with E-state index < -0.39 is 0 Å². The van der Waals surface area contributed by atoms with Gasteiger partial charge in [-0.1, -0.05) is 0 Å². The highest BCUT2D eigenvalue weighted by molar-refractivity contribution is 7.22. The van der Waals surface area contributed by atoms with Crippen LogP contribution in [0, 0.1) is 13.8 Å². The van der Waals surface area contributed by atoms with E-state index in [0.717, 1.165) is 53.6 Å². The van der Waals surface area contributed by atoms with Crippen LogP contribution in [0.15, 0.2) is 47.5 Å². The predicted octanol–water partition coefficient (Wildman–Crippen LogP) is 4.61. The van der Waals surface area contributed by atoms with E-state index in [1.54, 1.807) is 7.11 Å². The molecule has 0 amide bonds. The number of nitrogens with zero attached hydrogens (tertiary/aromatic N) is 3. The molecular weight excluding hydrogens is 450 g/mol. The first-order valence-corrected chi connectivity index (χ1v) is 12.2. The van der Waals surface area contributed by atoms with Crippen LogP contribution in [0.4, 0.5) is 0 Å². The summed E-state index contributed by atoms with van der Waals surface area (Å²) in [7, 11) is 1.63. The van der Waals surface area contributed by atoms with Crippen molar-refractivity contribution < 1.29 is 14.3 Å². The first kappa shape index (κ1) is 22.6. The molecule has 1 saturated heterocycles. The number of carbonyl (C=O) groups is 1. The topological polar surface area (TPSA) is 75.3 Å². The molecule has 4 heterocycles. The number of rotatable bonds is 7. The van der Waals surface area contributed by atoms with Crippen molar-refractivity contribution in [3.63, 3.8) is 0 Å². The Morgan fingerprint density at radius 3 is 2.74 bits per heavy atom. The highest BCUT2D eigenvalue weighted by Gasteiger charge is 2.22. The Hall–Kier alpha value is -3.23. The van der Waals surface area contributed by atoms with Gasteiger partial charge in [0, 0.05) is 35.0 Å². The second-order valence-corrected chi connectivity index (χ2v) is 9.74. The van der Waals surface area contributed by atoms with Gasteiger partial charge >= 0.3 is 0 Å². The Labute approximate surface area is 201 Å². The molecule has 7 nitrogen and oxygen atoms in total. The van der Waals surface area contributed by atoms with Crippen LogP contribution >= 0.6 is 11.3 Å². The van der Waals surface area contributed by atoms with Crippen LogP contribution in [0.3, 0.4) is 0 Å². The molecule has 1 fully saturated rings. The van der Waals surface area contributed by atoms with E-state index in [1.807, 2.05) is 50.2 Å². The van der Waals surface area contributed by atoms with Crippen molar-refractivity contribution >= 4 is 27.3 Å². The smallest absolute Gasteiger partial charge is 0.271 e. The number of benzene rings is 1. The third kappa shape index (κ3) is 4.19. The first-order valence-electron chi connectivity index (χ1n) is 11.4. The lowest BCUT2D eigenvalue weighted by Crippen LogP contribution is -2.24. The molecule has 8 heteroatoms. The van der Waals surface area contributed by atoms with E-state index in [9.17, 15) is 9.59 Å². The molecular formula is C26H27N3O4S. The van der Waals surface area contributed by atoms with Gasteiger partial charge in [0.25, 0.3) is 5.56 Å². The minimum absolute atomic E-state index is 0.0399. The maximum absolute atomic E-state index is 13.2. The van der Waals surface area contributed by atoms with Gasteiger partial charge in [0.05, 0.1) is 31.6 Å². The summed E-state index contributed by atoms with van der Waals surface area (Å²) in [5.41, 5.74) is 4.02. The molecule has 0 saturated carbocycles. The number of ketones is 1. The molecule has 0 spiro atoms. The number of methoxy groups -OCH3 is 1.